The molecule has 1 rings (SSSR count). The lowest BCUT2D eigenvalue weighted by molar-refractivity contribution is 0.248. The smallest absolute Gasteiger partial charge is 0.319 e. The maximum atomic E-state index is 11.7. The van der Waals surface area contributed by atoms with Crippen molar-refractivity contribution in [3.63, 3.8) is 0 Å². The van der Waals surface area contributed by atoms with Crippen LogP contribution in [0.5, 0.6) is 0 Å². The summed E-state index contributed by atoms with van der Waals surface area (Å²) >= 11 is 0. The van der Waals surface area contributed by atoms with Gasteiger partial charge in [0.05, 0.1) is 0 Å². The summed E-state index contributed by atoms with van der Waals surface area (Å²) in [5.74, 6) is 0. The van der Waals surface area contributed by atoms with E-state index in [1.54, 1.807) is 0 Å². The molecule has 0 fully saturated rings. The number of benzene rings is 1. The number of amides is 2. The molecule has 2 N–H and O–H groups in total. The number of likely N-dealkylation sites (N-methyl/N-ethyl adjacent to an activating group) is 1. The molecule has 4 heteroatoms. The van der Waals surface area contributed by atoms with Gasteiger partial charge in [0.1, 0.15) is 0 Å². The largest absolute Gasteiger partial charge is 0.337 e. The lowest BCUT2D eigenvalue weighted by Gasteiger charge is -2.18. The van der Waals surface area contributed by atoms with Crippen LogP contribution in [0, 0.1) is 0 Å². The van der Waals surface area contributed by atoms with Crippen LogP contribution in [-0.2, 0) is 6.42 Å². The third kappa shape index (κ3) is 5.75. The third-order valence-electron chi connectivity index (χ3n) is 3.20. The number of rotatable bonds is 7. The van der Waals surface area contributed by atoms with Crippen LogP contribution in [0.2, 0.25) is 0 Å². The predicted molar refractivity (Wildman–Crippen MR) is 80.6 cm³/mol. The Kier molecular flexibility index (Phi) is 6.97. The number of carbonyl (C=O) groups is 1. The van der Waals surface area contributed by atoms with E-state index in [0.717, 1.165) is 31.7 Å². The lowest BCUT2D eigenvalue weighted by atomic mass is 10.1. The second-order valence-electron chi connectivity index (χ2n) is 4.46. The number of nitrogens with one attached hydrogen (secondary N) is 2. The SMILES string of the molecule is CCc1cccc(NC(=O)NCCN(CC)CC)c1. The standard InChI is InChI=1S/C15H25N3O/c1-4-13-8-7-9-14(12-13)17-15(19)16-10-11-18(5-2)6-3/h7-9,12H,4-6,10-11H2,1-3H3,(H2,16,17,19). The van der Waals surface area contributed by atoms with Crippen molar-refractivity contribution >= 4 is 11.7 Å². The van der Waals surface area contributed by atoms with Gasteiger partial charge in [-0.3, -0.25) is 0 Å². The Balaban J connectivity index is 2.34. The molecule has 2 amide bonds. The van der Waals surface area contributed by atoms with Gasteiger partial charge in [0.25, 0.3) is 0 Å². The molecule has 4 nitrogen and oxygen atoms in total. The minimum Gasteiger partial charge on any atom is -0.337 e. The van der Waals surface area contributed by atoms with Crippen LogP contribution >= 0.6 is 0 Å². The normalized spacial score (nSPS) is 10.5. The number of carbonyl (C=O) groups excluding carboxylic acids is 1. The second kappa shape index (κ2) is 8.53. The molecule has 0 radical (unpaired) electrons. The maximum absolute atomic E-state index is 11.7. The predicted octanol–water partition coefficient (Wildman–Crippen LogP) is 2.71. The number of urea groups is 1. The molecule has 0 heterocycles. The van der Waals surface area contributed by atoms with Gasteiger partial charge in [-0.15, -0.1) is 0 Å². The number of anilines is 1. The van der Waals surface area contributed by atoms with Crippen LogP contribution < -0.4 is 10.6 Å². The van der Waals surface area contributed by atoms with Crippen molar-refractivity contribution in [3.8, 4) is 0 Å². The van der Waals surface area contributed by atoms with Crippen molar-refractivity contribution in [2.45, 2.75) is 27.2 Å². The zero-order valence-corrected chi connectivity index (χ0v) is 12.2. The zero-order valence-electron chi connectivity index (χ0n) is 12.2. The molecule has 1 aromatic carbocycles. The van der Waals surface area contributed by atoms with E-state index in [4.69, 9.17) is 0 Å². The third-order valence-corrected chi connectivity index (χ3v) is 3.20. The Hall–Kier alpha value is -1.55. The van der Waals surface area contributed by atoms with Gasteiger partial charge in [0.15, 0.2) is 0 Å². The Morgan fingerprint density at radius 3 is 2.58 bits per heavy atom. The average molecular weight is 263 g/mol. The van der Waals surface area contributed by atoms with Crippen molar-refractivity contribution in [1.29, 1.82) is 0 Å². The monoisotopic (exact) mass is 263 g/mol. The molecule has 0 bridgehead atoms. The number of nitrogens with zero attached hydrogens (tertiary/aromatic N) is 1. The van der Waals surface area contributed by atoms with Crippen molar-refractivity contribution in [1.82, 2.24) is 10.2 Å². The molecule has 0 spiro atoms. The zero-order chi connectivity index (χ0) is 14.1. The fourth-order valence-electron chi connectivity index (χ4n) is 1.91. The summed E-state index contributed by atoms with van der Waals surface area (Å²) in [5, 5.41) is 5.73. The summed E-state index contributed by atoms with van der Waals surface area (Å²) in [6.45, 7) is 9.93. The minimum absolute atomic E-state index is 0.139. The average Bonchev–Trinajstić information content (AvgIpc) is 2.44. The molecule has 19 heavy (non-hydrogen) atoms. The van der Waals surface area contributed by atoms with Crippen LogP contribution in [0.1, 0.15) is 26.3 Å². The molecule has 0 saturated carbocycles. The van der Waals surface area contributed by atoms with E-state index in [2.05, 4.69) is 42.4 Å². The van der Waals surface area contributed by atoms with Gasteiger partial charge in [-0.2, -0.15) is 0 Å². The van der Waals surface area contributed by atoms with Crippen molar-refractivity contribution in [2.24, 2.45) is 0 Å². The summed E-state index contributed by atoms with van der Waals surface area (Å²) < 4.78 is 0. The first kappa shape index (κ1) is 15.5. The van der Waals surface area contributed by atoms with E-state index in [0.29, 0.717) is 6.54 Å². The van der Waals surface area contributed by atoms with Crippen molar-refractivity contribution < 1.29 is 4.79 Å². The molecule has 106 valence electrons. The highest BCUT2D eigenvalue weighted by molar-refractivity contribution is 5.89. The molecule has 0 aliphatic heterocycles. The van der Waals surface area contributed by atoms with Gasteiger partial charge in [-0.25, -0.2) is 4.79 Å². The van der Waals surface area contributed by atoms with Gasteiger partial charge >= 0.3 is 6.03 Å². The van der Waals surface area contributed by atoms with Crippen LogP contribution in [0.25, 0.3) is 0 Å². The van der Waals surface area contributed by atoms with E-state index in [-0.39, 0.29) is 6.03 Å². The first-order valence-corrected chi connectivity index (χ1v) is 7.05. The van der Waals surface area contributed by atoms with E-state index in [1.165, 1.54) is 5.56 Å². The fourth-order valence-corrected chi connectivity index (χ4v) is 1.91. The Bertz CT molecular complexity index is 389. The van der Waals surface area contributed by atoms with Gasteiger partial charge in [0.2, 0.25) is 0 Å². The number of hydrogen-bond acceptors (Lipinski definition) is 2. The summed E-state index contributed by atoms with van der Waals surface area (Å²) in [7, 11) is 0. The highest BCUT2D eigenvalue weighted by Gasteiger charge is 2.03. The van der Waals surface area contributed by atoms with Gasteiger partial charge in [-0.1, -0.05) is 32.9 Å². The lowest BCUT2D eigenvalue weighted by Crippen LogP contribution is -2.36. The van der Waals surface area contributed by atoms with Gasteiger partial charge < -0.3 is 15.5 Å². The van der Waals surface area contributed by atoms with Crippen LogP contribution in [0.15, 0.2) is 24.3 Å². The van der Waals surface area contributed by atoms with E-state index in [1.807, 2.05) is 18.2 Å². The summed E-state index contributed by atoms with van der Waals surface area (Å²) in [4.78, 5) is 14.0. The second-order valence-corrected chi connectivity index (χ2v) is 4.46. The molecule has 0 aromatic heterocycles. The molecule has 0 unspecified atom stereocenters. The molecular weight excluding hydrogens is 238 g/mol. The molecule has 0 aliphatic carbocycles. The first-order valence-electron chi connectivity index (χ1n) is 7.05. The Morgan fingerprint density at radius 2 is 1.95 bits per heavy atom. The van der Waals surface area contributed by atoms with Gasteiger partial charge in [-0.05, 0) is 37.2 Å². The topological polar surface area (TPSA) is 44.4 Å². The number of hydrogen-bond donors (Lipinski definition) is 2. The molecule has 0 saturated heterocycles. The summed E-state index contributed by atoms with van der Waals surface area (Å²) in [6, 6.07) is 7.79. The van der Waals surface area contributed by atoms with E-state index in [9.17, 15) is 4.79 Å². The summed E-state index contributed by atoms with van der Waals surface area (Å²) in [6.07, 6.45) is 0.971. The molecule has 0 atom stereocenters. The van der Waals surface area contributed by atoms with Crippen LogP contribution in [-0.4, -0.2) is 37.1 Å². The van der Waals surface area contributed by atoms with Gasteiger partial charge in [0, 0.05) is 18.8 Å². The highest BCUT2D eigenvalue weighted by atomic mass is 16.2. The molecule has 1 aromatic rings. The number of aryl methyl sites for hydroxylation is 1. The van der Waals surface area contributed by atoms with Crippen molar-refractivity contribution in [2.75, 3.05) is 31.5 Å². The Labute approximate surface area is 116 Å². The fraction of sp³-hybridized carbons (Fsp3) is 0.533. The molecular formula is C15H25N3O. The highest BCUT2D eigenvalue weighted by Crippen LogP contribution is 2.10. The molecule has 0 aliphatic rings. The van der Waals surface area contributed by atoms with Crippen LogP contribution in [0.4, 0.5) is 10.5 Å². The Morgan fingerprint density at radius 1 is 1.21 bits per heavy atom. The van der Waals surface area contributed by atoms with E-state index < -0.39 is 0 Å². The van der Waals surface area contributed by atoms with E-state index >= 15 is 0 Å². The summed E-state index contributed by atoms with van der Waals surface area (Å²) in [5.41, 5.74) is 2.07. The first-order chi connectivity index (χ1) is 9.19. The van der Waals surface area contributed by atoms with Crippen molar-refractivity contribution in [3.05, 3.63) is 29.8 Å². The minimum atomic E-state index is -0.139. The van der Waals surface area contributed by atoms with Crippen LogP contribution in [0.3, 0.4) is 0 Å². The quantitative estimate of drug-likeness (QED) is 0.794. The maximum Gasteiger partial charge on any atom is 0.319 e.